The third kappa shape index (κ3) is 3.14. The smallest absolute Gasteiger partial charge is 0.263 e. The Kier molecular flexibility index (Phi) is 4.70. The van der Waals surface area contributed by atoms with Crippen LogP contribution in [0.15, 0.2) is 28.7 Å². The fourth-order valence-electron chi connectivity index (χ4n) is 3.08. The van der Waals surface area contributed by atoms with Gasteiger partial charge in [-0.2, -0.15) is 0 Å². The van der Waals surface area contributed by atoms with E-state index in [4.69, 9.17) is 9.47 Å². The Labute approximate surface area is 139 Å². The number of fused-ring (bicyclic) bond motifs is 1. The number of hydrogen-bond acceptors (Lipinski definition) is 4. The first kappa shape index (κ1) is 15.8. The molecule has 120 valence electrons. The van der Waals surface area contributed by atoms with Crippen molar-refractivity contribution < 1.29 is 14.3 Å². The second kappa shape index (κ2) is 6.56. The van der Waals surface area contributed by atoms with Gasteiger partial charge in [-0.1, -0.05) is 12.1 Å². The number of ether oxygens (including phenoxy) is 2. The van der Waals surface area contributed by atoms with Crippen LogP contribution in [0.3, 0.4) is 0 Å². The van der Waals surface area contributed by atoms with E-state index >= 15 is 0 Å². The topological polar surface area (TPSA) is 42.0 Å². The van der Waals surface area contributed by atoms with E-state index in [-0.39, 0.29) is 12.0 Å². The van der Waals surface area contributed by atoms with Crippen LogP contribution in [0.1, 0.15) is 6.92 Å². The molecule has 1 aromatic carbocycles. The van der Waals surface area contributed by atoms with Gasteiger partial charge in [-0.05, 0) is 42.0 Å². The van der Waals surface area contributed by atoms with Crippen molar-refractivity contribution in [3.63, 3.8) is 0 Å². The van der Waals surface area contributed by atoms with Crippen LogP contribution in [0.2, 0.25) is 0 Å². The molecule has 0 aliphatic carbocycles. The average molecular weight is 369 g/mol. The molecule has 2 fully saturated rings. The summed E-state index contributed by atoms with van der Waals surface area (Å²) in [6.45, 7) is 4.82. The number of morpholine rings is 1. The number of benzene rings is 1. The molecule has 0 N–H and O–H groups in total. The highest BCUT2D eigenvalue weighted by molar-refractivity contribution is 9.10. The first-order chi connectivity index (χ1) is 10.6. The molecule has 2 aliphatic rings. The molecule has 3 unspecified atom stereocenters. The minimum absolute atomic E-state index is 0.0159. The van der Waals surface area contributed by atoms with Crippen molar-refractivity contribution in [2.75, 3.05) is 33.3 Å². The SMILES string of the molecule is CC(Oc1ccccc1Br)C(=O)N1CC2OCCN(C)C2C1. The fraction of sp³-hybridized carbons (Fsp3) is 0.562. The van der Waals surface area contributed by atoms with Gasteiger partial charge in [-0.25, -0.2) is 0 Å². The highest BCUT2D eigenvalue weighted by Gasteiger charge is 2.41. The third-order valence-corrected chi connectivity index (χ3v) is 5.03. The lowest BCUT2D eigenvalue weighted by atomic mass is 10.1. The number of likely N-dealkylation sites (tertiary alicyclic amines) is 1. The van der Waals surface area contributed by atoms with E-state index in [1.807, 2.05) is 29.2 Å². The van der Waals surface area contributed by atoms with Gasteiger partial charge in [-0.3, -0.25) is 9.69 Å². The van der Waals surface area contributed by atoms with Gasteiger partial charge in [0.2, 0.25) is 0 Å². The number of carbonyl (C=O) groups is 1. The van der Waals surface area contributed by atoms with Crippen molar-refractivity contribution >= 4 is 21.8 Å². The Balaban J connectivity index is 1.63. The van der Waals surface area contributed by atoms with E-state index in [0.29, 0.717) is 24.9 Å². The highest BCUT2D eigenvalue weighted by atomic mass is 79.9. The van der Waals surface area contributed by atoms with Crippen LogP contribution in [0.5, 0.6) is 5.75 Å². The number of halogens is 1. The fourth-order valence-corrected chi connectivity index (χ4v) is 3.45. The van der Waals surface area contributed by atoms with Crippen LogP contribution in [-0.4, -0.2) is 67.2 Å². The Morgan fingerprint density at radius 1 is 1.41 bits per heavy atom. The van der Waals surface area contributed by atoms with Crippen molar-refractivity contribution in [1.29, 1.82) is 0 Å². The molecule has 0 bridgehead atoms. The summed E-state index contributed by atoms with van der Waals surface area (Å²) in [5.41, 5.74) is 0. The van der Waals surface area contributed by atoms with E-state index in [0.717, 1.165) is 17.6 Å². The predicted octanol–water partition coefficient (Wildman–Crippen LogP) is 1.76. The van der Waals surface area contributed by atoms with E-state index < -0.39 is 6.10 Å². The van der Waals surface area contributed by atoms with Crippen molar-refractivity contribution in [2.45, 2.75) is 25.2 Å². The molecule has 3 rings (SSSR count). The quantitative estimate of drug-likeness (QED) is 0.815. The molecule has 0 spiro atoms. The zero-order chi connectivity index (χ0) is 15.7. The normalized spacial score (nSPS) is 26.6. The van der Waals surface area contributed by atoms with E-state index in [1.54, 1.807) is 6.92 Å². The van der Waals surface area contributed by atoms with Crippen LogP contribution in [0.4, 0.5) is 0 Å². The number of carbonyl (C=O) groups excluding carboxylic acids is 1. The van der Waals surface area contributed by atoms with Gasteiger partial charge >= 0.3 is 0 Å². The molecule has 2 heterocycles. The molecule has 6 heteroatoms. The first-order valence-corrected chi connectivity index (χ1v) is 8.37. The third-order valence-electron chi connectivity index (χ3n) is 4.38. The molecular weight excluding hydrogens is 348 g/mol. The minimum atomic E-state index is -0.510. The Bertz CT molecular complexity index is 554. The van der Waals surface area contributed by atoms with Crippen LogP contribution >= 0.6 is 15.9 Å². The molecule has 1 amide bonds. The lowest BCUT2D eigenvalue weighted by molar-refractivity contribution is -0.137. The zero-order valence-electron chi connectivity index (χ0n) is 12.9. The number of amides is 1. The molecule has 2 aliphatic heterocycles. The maximum Gasteiger partial charge on any atom is 0.263 e. The number of likely N-dealkylation sites (N-methyl/N-ethyl adjacent to an activating group) is 1. The monoisotopic (exact) mass is 368 g/mol. The number of nitrogens with zero attached hydrogens (tertiary/aromatic N) is 2. The van der Waals surface area contributed by atoms with Crippen LogP contribution in [0.25, 0.3) is 0 Å². The van der Waals surface area contributed by atoms with Gasteiger partial charge in [0.25, 0.3) is 5.91 Å². The number of rotatable bonds is 3. The summed E-state index contributed by atoms with van der Waals surface area (Å²) in [5, 5.41) is 0. The van der Waals surface area contributed by atoms with Crippen molar-refractivity contribution in [3.8, 4) is 5.75 Å². The maximum absolute atomic E-state index is 12.6. The van der Waals surface area contributed by atoms with Crippen LogP contribution < -0.4 is 4.74 Å². The molecule has 5 nitrogen and oxygen atoms in total. The molecule has 0 radical (unpaired) electrons. The maximum atomic E-state index is 12.6. The Hall–Kier alpha value is -1.11. The first-order valence-electron chi connectivity index (χ1n) is 7.58. The van der Waals surface area contributed by atoms with E-state index in [1.165, 1.54) is 0 Å². The summed E-state index contributed by atoms with van der Waals surface area (Å²) in [7, 11) is 2.09. The second-order valence-electron chi connectivity index (χ2n) is 5.89. The lowest BCUT2D eigenvalue weighted by Crippen LogP contribution is -2.48. The molecular formula is C16H21BrN2O3. The Morgan fingerprint density at radius 3 is 2.91 bits per heavy atom. The zero-order valence-corrected chi connectivity index (χ0v) is 14.5. The number of para-hydroxylation sites is 1. The van der Waals surface area contributed by atoms with Crippen LogP contribution in [-0.2, 0) is 9.53 Å². The molecule has 0 aromatic heterocycles. The van der Waals surface area contributed by atoms with Crippen LogP contribution in [0, 0.1) is 0 Å². The summed E-state index contributed by atoms with van der Waals surface area (Å²) in [6.07, 6.45) is -0.387. The molecule has 1 aromatic rings. The summed E-state index contributed by atoms with van der Waals surface area (Å²) in [5.74, 6) is 0.704. The molecule has 22 heavy (non-hydrogen) atoms. The van der Waals surface area contributed by atoms with E-state index in [2.05, 4.69) is 27.9 Å². The van der Waals surface area contributed by atoms with Gasteiger partial charge in [-0.15, -0.1) is 0 Å². The van der Waals surface area contributed by atoms with Crippen molar-refractivity contribution in [2.24, 2.45) is 0 Å². The second-order valence-corrected chi connectivity index (χ2v) is 6.75. The summed E-state index contributed by atoms with van der Waals surface area (Å²) in [6, 6.07) is 7.87. The highest BCUT2D eigenvalue weighted by Crippen LogP contribution is 2.26. The minimum Gasteiger partial charge on any atom is -0.480 e. The van der Waals surface area contributed by atoms with Gasteiger partial charge < -0.3 is 14.4 Å². The van der Waals surface area contributed by atoms with Crippen molar-refractivity contribution in [1.82, 2.24) is 9.80 Å². The average Bonchev–Trinajstić information content (AvgIpc) is 2.94. The standard InChI is InChI=1S/C16H21BrN2O3/c1-11(22-14-6-4-3-5-12(14)17)16(20)19-9-13-15(10-19)21-8-7-18(13)2/h3-6,11,13,15H,7-10H2,1-2H3. The summed E-state index contributed by atoms with van der Waals surface area (Å²) in [4.78, 5) is 16.8. The molecule has 3 atom stereocenters. The van der Waals surface area contributed by atoms with Gasteiger partial charge in [0.15, 0.2) is 6.10 Å². The molecule has 2 saturated heterocycles. The van der Waals surface area contributed by atoms with E-state index in [9.17, 15) is 4.79 Å². The van der Waals surface area contributed by atoms with Gasteiger partial charge in [0.1, 0.15) is 5.75 Å². The van der Waals surface area contributed by atoms with Crippen molar-refractivity contribution in [3.05, 3.63) is 28.7 Å². The van der Waals surface area contributed by atoms with Gasteiger partial charge in [0.05, 0.1) is 23.2 Å². The summed E-state index contributed by atoms with van der Waals surface area (Å²) < 4.78 is 12.4. The Morgan fingerprint density at radius 2 is 2.18 bits per heavy atom. The largest absolute Gasteiger partial charge is 0.480 e. The predicted molar refractivity (Wildman–Crippen MR) is 87.0 cm³/mol. The summed E-state index contributed by atoms with van der Waals surface area (Å²) >= 11 is 3.44. The van der Waals surface area contributed by atoms with Gasteiger partial charge in [0, 0.05) is 19.6 Å². The molecule has 0 saturated carbocycles. The number of hydrogen-bond donors (Lipinski definition) is 0. The lowest BCUT2D eigenvalue weighted by Gasteiger charge is -2.33.